The second kappa shape index (κ2) is 5.43. The van der Waals surface area contributed by atoms with E-state index in [0.717, 1.165) is 16.6 Å². The molecule has 16 heavy (non-hydrogen) atoms. The summed E-state index contributed by atoms with van der Waals surface area (Å²) in [6.07, 6.45) is 1.81. The summed E-state index contributed by atoms with van der Waals surface area (Å²) in [5.41, 5.74) is 1.03. The highest BCUT2D eigenvalue weighted by Gasteiger charge is 2.15. The van der Waals surface area contributed by atoms with E-state index in [-0.39, 0.29) is 6.04 Å². The van der Waals surface area contributed by atoms with Crippen molar-refractivity contribution in [2.45, 2.75) is 13.0 Å². The summed E-state index contributed by atoms with van der Waals surface area (Å²) in [6, 6.07) is 10.1. The summed E-state index contributed by atoms with van der Waals surface area (Å²) in [6.45, 7) is 2.99. The molecule has 0 radical (unpaired) electrons. The molecule has 0 bridgehead atoms. The van der Waals surface area contributed by atoms with Crippen LogP contribution in [0.2, 0.25) is 4.34 Å². The topological polar surface area (TPSA) is 24.9 Å². The molecule has 1 unspecified atom stereocenters. The van der Waals surface area contributed by atoms with Crippen LogP contribution in [0.1, 0.15) is 23.5 Å². The molecule has 0 saturated heterocycles. The zero-order chi connectivity index (χ0) is 11.4. The van der Waals surface area contributed by atoms with Gasteiger partial charge in [-0.05, 0) is 30.8 Å². The van der Waals surface area contributed by atoms with E-state index in [4.69, 9.17) is 11.6 Å². The van der Waals surface area contributed by atoms with Crippen molar-refractivity contribution in [3.8, 4) is 0 Å². The molecule has 0 spiro atoms. The van der Waals surface area contributed by atoms with Crippen molar-refractivity contribution >= 4 is 22.9 Å². The molecule has 0 aliphatic heterocycles. The summed E-state index contributed by atoms with van der Waals surface area (Å²) in [4.78, 5) is 5.58. The minimum atomic E-state index is 0.142. The van der Waals surface area contributed by atoms with Crippen LogP contribution >= 0.6 is 22.9 Å². The third kappa shape index (κ3) is 2.61. The lowest BCUT2D eigenvalue weighted by Gasteiger charge is -2.15. The van der Waals surface area contributed by atoms with Crippen LogP contribution in [0.3, 0.4) is 0 Å². The van der Waals surface area contributed by atoms with Gasteiger partial charge in [-0.2, -0.15) is 0 Å². The zero-order valence-electron chi connectivity index (χ0n) is 8.98. The Morgan fingerprint density at radius 3 is 2.81 bits per heavy atom. The van der Waals surface area contributed by atoms with E-state index in [1.165, 1.54) is 4.88 Å². The molecular weight excluding hydrogens is 240 g/mol. The van der Waals surface area contributed by atoms with Crippen LogP contribution < -0.4 is 5.32 Å². The minimum absolute atomic E-state index is 0.142. The van der Waals surface area contributed by atoms with E-state index in [9.17, 15) is 0 Å². The average molecular weight is 253 g/mol. The van der Waals surface area contributed by atoms with Crippen LogP contribution in [0.15, 0.2) is 36.5 Å². The predicted octanol–water partition coefficient (Wildman–Crippen LogP) is 3.50. The third-order valence-electron chi connectivity index (χ3n) is 2.27. The average Bonchev–Trinajstić information content (AvgIpc) is 2.74. The van der Waals surface area contributed by atoms with Gasteiger partial charge in [0.25, 0.3) is 0 Å². The van der Waals surface area contributed by atoms with Crippen LogP contribution in [-0.4, -0.2) is 11.5 Å². The Hall–Kier alpha value is -0.900. The summed E-state index contributed by atoms with van der Waals surface area (Å²) in [5, 5.41) is 3.42. The van der Waals surface area contributed by atoms with Gasteiger partial charge in [0.2, 0.25) is 0 Å². The number of halogens is 1. The molecule has 4 heteroatoms. The van der Waals surface area contributed by atoms with Gasteiger partial charge in [-0.3, -0.25) is 4.98 Å². The van der Waals surface area contributed by atoms with E-state index in [2.05, 4.69) is 23.3 Å². The zero-order valence-corrected chi connectivity index (χ0v) is 10.6. The molecule has 2 aromatic heterocycles. The first-order valence-corrected chi connectivity index (χ1v) is 6.40. The Balaban J connectivity index is 2.31. The number of pyridine rings is 1. The van der Waals surface area contributed by atoms with Crippen molar-refractivity contribution in [1.29, 1.82) is 0 Å². The molecule has 0 aliphatic carbocycles. The molecule has 1 N–H and O–H groups in total. The monoisotopic (exact) mass is 252 g/mol. The Morgan fingerprint density at radius 1 is 1.38 bits per heavy atom. The molecule has 1 atom stereocenters. The number of aromatic nitrogens is 1. The van der Waals surface area contributed by atoms with Gasteiger partial charge in [0.1, 0.15) is 0 Å². The van der Waals surface area contributed by atoms with Gasteiger partial charge >= 0.3 is 0 Å². The van der Waals surface area contributed by atoms with Gasteiger partial charge in [-0.15, -0.1) is 11.3 Å². The molecular formula is C12H13ClN2S. The van der Waals surface area contributed by atoms with E-state index in [1.807, 2.05) is 30.5 Å². The van der Waals surface area contributed by atoms with Gasteiger partial charge < -0.3 is 5.32 Å². The fourth-order valence-corrected chi connectivity index (χ4v) is 2.73. The molecule has 84 valence electrons. The second-order valence-corrected chi connectivity index (χ2v) is 5.13. The maximum atomic E-state index is 5.96. The Morgan fingerprint density at radius 2 is 2.25 bits per heavy atom. The summed E-state index contributed by atoms with van der Waals surface area (Å²) >= 11 is 7.56. The molecule has 2 heterocycles. The molecule has 2 rings (SSSR count). The van der Waals surface area contributed by atoms with Crippen molar-refractivity contribution in [3.05, 3.63) is 51.4 Å². The highest BCUT2D eigenvalue weighted by atomic mass is 35.5. The maximum Gasteiger partial charge on any atom is 0.0931 e. The van der Waals surface area contributed by atoms with Gasteiger partial charge in [0.15, 0.2) is 0 Å². The van der Waals surface area contributed by atoms with Crippen LogP contribution in [-0.2, 0) is 0 Å². The molecule has 2 aromatic rings. The van der Waals surface area contributed by atoms with Crippen LogP contribution in [0, 0.1) is 0 Å². The van der Waals surface area contributed by atoms with Gasteiger partial charge in [0, 0.05) is 11.1 Å². The quantitative estimate of drug-likeness (QED) is 0.901. The van der Waals surface area contributed by atoms with E-state index < -0.39 is 0 Å². The lowest BCUT2D eigenvalue weighted by molar-refractivity contribution is 0.624. The Labute approximate surface area is 104 Å². The molecule has 0 saturated carbocycles. The van der Waals surface area contributed by atoms with Crippen molar-refractivity contribution in [1.82, 2.24) is 10.3 Å². The fraction of sp³-hybridized carbons (Fsp3) is 0.250. The number of hydrogen-bond acceptors (Lipinski definition) is 3. The van der Waals surface area contributed by atoms with Crippen molar-refractivity contribution in [2.24, 2.45) is 0 Å². The standard InChI is InChI=1S/C12H13ClN2S/c1-2-14-12(9-5-3-4-8-15-9)10-6-7-11(13)16-10/h3-8,12,14H,2H2,1H3. The largest absolute Gasteiger partial charge is 0.305 e. The number of hydrogen-bond donors (Lipinski definition) is 1. The SMILES string of the molecule is CCNC(c1ccccn1)c1ccc(Cl)s1. The van der Waals surface area contributed by atoms with E-state index in [0.29, 0.717) is 0 Å². The molecule has 2 nitrogen and oxygen atoms in total. The molecule has 0 aromatic carbocycles. The predicted molar refractivity (Wildman–Crippen MR) is 69.1 cm³/mol. The molecule has 0 amide bonds. The molecule has 0 fully saturated rings. The van der Waals surface area contributed by atoms with Crippen molar-refractivity contribution < 1.29 is 0 Å². The lowest BCUT2D eigenvalue weighted by Crippen LogP contribution is -2.21. The third-order valence-corrected chi connectivity index (χ3v) is 3.57. The summed E-state index contributed by atoms with van der Waals surface area (Å²) in [7, 11) is 0. The number of rotatable bonds is 4. The maximum absolute atomic E-state index is 5.96. The summed E-state index contributed by atoms with van der Waals surface area (Å²) in [5.74, 6) is 0. The highest BCUT2D eigenvalue weighted by Crippen LogP contribution is 2.29. The van der Waals surface area contributed by atoms with E-state index in [1.54, 1.807) is 11.3 Å². The first-order valence-electron chi connectivity index (χ1n) is 5.21. The van der Waals surface area contributed by atoms with Crippen LogP contribution in [0.5, 0.6) is 0 Å². The van der Waals surface area contributed by atoms with Gasteiger partial charge in [0.05, 0.1) is 16.1 Å². The highest BCUT2D eigenvalue weighted by molar-refractivity contribution is 7.16. The fourth-order valence-electron chi connectivity index (χ4n) is 1.59. The normalized spacial score (nSPS) is 12.6. The number of thiophene rings is 1. The smallest absolute Gasteiger partial charge is 0.0931 e. The Bertz CT molecular complexity index is 441. The van der Waals surface area contributed by atoms with Gasteiger partial charge in [-0.25, -0.2) is 0 Å². The first-order chi connectivity index (χ1) is 7.81. The minimum Gasteiger partial charge on any atom is -0.305 e. The second-order valence-electron chi connectivity index (χ2n) is 3.39. The molecule has 0 aliphatic rings. The van der Waals surface area contributed by atoms with Crippen LogP contribution in [0.4, 0.5) is 0 Å². The summed E-state index contributed by atoms with van der Waals surface area (Å²) < 4.78 is 0.814. The van der Waals surface area contributed by atoms with E-state index >= 15 is 0 Å². The number of nitrogens with zero attached hydrogens (tertiary/aromatic N) is 1. The van der Waals surface area contributed by atoms with Gasteiger partial charge in [-0.1, -0.05) is 24.6 Å². The first kappa shape index (κ1) is 11.6. The van der Waals surface area contributed by atoms with Crippen molar-refractivity contribution in [3.63, 3.8) is 0 Å². The number of nitrogens with one attached hydrogen (secondary N) is 1. The van der Waals surface area contributed by atoms with Crippen molar-refractivity contribution in [2.75, 3.05) is 6.54 Å². The van der Waals surface area contributed by atoms with Crippen LogP contribution in [0.25, 0.3) is 0 Å². The Kier molecular flexibility index (Phi) is 3.93. The lowest BCUT2D eigenvalue weighted by atomic mass is 10.1.